The van der Waals surface area contributed by atoms with Gasteiger partial charge in [-0.05, 0) is 42.8 Å². The van der Waals surface area contributed by atoms with Crippen molar-refractivity contribution in [2.75, 3.05) is 5.73 Å². The molecule has 0 aliphatic heterocycles. The average Bonchev–Trinajstić information content (AvgIpc) is 2.69. The topological polar surface area (TPSA) is 43.8 Å². The van der Waals surface area contributed by atoms with Gasteiger partial charge < -0.3 is 5.73 Å². The number of imidazole rings is 1. The molecule has 6 heteroatoms. The second-order valence-electron chi connectivity index (χ2n) is 4.49. The maximum absolute atomic E-state index is 6.31. The summed E-state index contributed by atoms with van der Waals surface area (Å²) in [6.45, 7) is 1.89. The van der Waals surface area contributed by atoms with Crippen molar-refractivity contribution in [2.24, 2.45) is 0 Å². The number of benzene rings is 2. The van der Waals surface area contributed by atoms with E-state index in [1.807, 2.05) is 13.0 Å². The van der Waals surface area contributed by atoms with Gasteiger partial charge in [-0.3, -0.25) is 4.57 Å². The first-order valence-electron chi connectivity index (χ1n) is 5.87. The fourth-order valence-corrected chi connectivity index (χ4v) is 2.75. The number of hydrogen-bond donors (Lipinski definition) is 1. The minimum Gasteiger partial charge on any atom is -0.369 e. The molecule has 0 radical (unpaired) electrons. The summed E-state index contributed by atoms with van der Waals surface area (Å²) in [5, 5.41) is 1.78. The molecule has 3 rings (SSSR count). The molecule has 0 unspecified atom stereocenters. The van der Waals surface area contributed by atoms with Crippen molar-refractivity contribution in [1.29, 1.82) is 0 Å². The van der Waals surface area contributed by atoms with Crippen molar-refractivity contribution in [1.82, 2.24) is 9.55 Å². The zero-order valence-electron chi connectivity index (χ0n) is 10.5. The Morgan fingerprint density at radius 1 is 1.05 bits per heavy atom. The van der Waals surface area contributed by atoms with Gasteiger partial charge in [0.1, 0.15) is 0 Å². The lowest BCUT2D eigenvalue weighted by atomic mass is 10.2. The molecule has 0 aliphatic rings. The predicted octanol–water partition coefficient (Wildman–Crippen LogP) is 4.88. The Morgan fingerprint density at radius 2 is 1.80 bits per heavy atom. The van der Waals surface area contributed by atoms with Gasteiger partial charge in [0.15, 0.2) is 0 Å². The maximum atomic E-state index is 6.31. The molecule has 102 valence electrons. The van der Waals surface area contributed by atoms with Crippen LogP contribution in [0.1, 0.15) is 5.56 Å². The lowest BCUT2D eigenvalue weighted by Gasteiger charge is -2.11. The van der Waals surface area contributed by atoms with Crippen LogP contribution in [-0.4, -0.2) is 9.55 Å². The van der Waals surface area contributed by atoms with Crippen LogP contribution in [0.3, 0.4) is 0 Å². The van der Waals surface area contributed by atoms with E-state index in [0.717, 1.165) is 16.6 Å². The van der Waals surface area contributed by atoms with Gasteiger partial charge >= 0.3 is 0 Å². The normalized spacial score (nSPS) is 11.2. The summed E-state index contributed by atoms with van der Waals surface area (Å²) >= 11 is 18.5. The molecule has 0 spiro atoms. The Labute approximate surface area is 130 Å². The molecule has 0 fully saturated rings. The van der Waals surface area contributed by atoms with E-state index < -0.39 is 0 Å². The SMILES string of the molecule is Cc1cc(Cl)c(-n2c(N)nc3ccc(Cl)cc32)cc1Cl. The number of aromatic nitrogens is 2. The third kappa shape index (κ3) is 2.12. The highest BCUT2D eigenvalue weighted by molar-refractivity contribution is 6.35. The van der Waals surface area contributed by atoms with Gasteiger partial charge in [0.05, 0.1) is 21.7 Å². The van der Waals surface area contributed by atoms with Gasteiger partial charge in [0, 0.05) is 10.0 Å². The molecule has 2 aromatic carbocycles. The number of hydrogen-bond acceptors (Lipinski definition) is 2. The largest absolute Gasteiger partial charge is 0.369 e. The number of nitrogens with zero attached hydrogens (tertiary/aromatic N) is 2. The molecule has 0 amide bonds. The zero-order valence-corrected chi connectivity index (χ0v) is 12.8. The molecule has 3 nitrogen and oxygen atoms in total. The van der Waals surface area contributed by atoms with E-state index in [1.54, 1.807) is 28.8 Å². The monoisotopic (exact) mass is 325 g/mol. The number of halogens is 3. The number of anilines is 1. The third-order valence-corrected chi connectivity index (χ3v) is 4.06. The molecule has 0 saturated heterocycles. The highest BCUT2D eigenvalue weighted by atomic mass is 35.5. The van der Waals surface area contributed by atoms with Crippen molar-refractivity contribution in [3.8, 4) is 5.69 Å². The molecule has 3 aromatic rings. The van der Waals surface area contributed by atoms with Gasteiger partial charge in [0.2, 0.25) is 5.95 Å². The van der Waals surface area contributed by atoms with Crippen molar-refractivity contribution < 1.29 is 0 Å². The molecule has 1 heterocycles. The Bertz CT molecular complexity index is 824. The Hall–Kier alpha value is -1.42. The quantitative estimate of drug-likeness (QED) is 0.693. The van der Waals surface area contributed by atoms with Crippen LogP contribution in [0.2, 0.25) is 15.1 Å². The molecule has 1 aromatic heterocycles. The van der Waals surface area contributed by atoms with Gasteiger partial charge in [-0.1, -0.05) is 34.8 Å². The number of nitrogen functional groups attached to an aromatic ring is 1. The van der Waals surface area contributed by atoms with Gasteiger partial charge in [-0.25, -0.2) is 4.98 Å². The summed E-state index contributed by atoms with van der Waals surface area (Å²) in [4.78, 5) is 4.30. The third-order valence-electron chi connectivity index (χ3n) is 3.11. The Balaban J connectivity index is 2.37. The van der Waals surface area contributed by atoms with Crippen LogP contribution in [0, 0.1) is 6.92 Å². The van der Waals surface area contributed by atoms with E-state index in [-0.39, 0.29) is 0 Å². The van der Waals surface area contributed by atoms with Crippen LogP contribution in [-0.2, 0) is 0 Å². The maximum Gasteiger partial charge on any atom is 0.205 e. The zero-order chi connectivity index (χ0) is 14.4. The molecule has 0 aliphatic carbocycles. The summed E-state index contributed by atoms with van der Waals surface area (Å²) in [6, 6.07) is 8.95. The first-order chi connectivity index (χ1) is 9.47. The van der Waals surface area contributed by atoms with Gasteiger partial charge in [0.25, 0.3) is 0 Å². The first kappa shape index (κ1) is 13.6. The van der Waals surface area contributed by atoms with Crippen LogP contribution in [0.4, 0.5) is 5.95 Å². The lowest BCUT2D eigenvalue weighted by molar-refractivity contribution is 1.11. The van der Waals surface area contributed by atoms with Crippen molar-refractivity contribution in [3.63, 3.8) is 0 Å². The summed E-state index contributed by atoms with van der Waals surface area (Å²) in [5.41, 5.74) is 9.13. The highest BCUT2D eigenvalue weighted by Crippen LogP contribution is 2.32. The van der Waals surface area contributed by atoms with Crippen LogP contribution < -0.4 is 5.73 Å². The summed E-state index contributed by atoms with van der Waals surface area (Å²) in [7, 11) is 0. The molecular weight excluding hydrogens is 317 g/mol. The minimum atomic E-state index is 0.337. The molecule has 2 N–H and O–H groups in total. The smallest absolute Gasteiger partial charge is 0.205 e. The van der Waals surface area contributed by atoms with Crippen LogP contribution in [0.25, 0.3) is 16.7 Å². The number of aryl methyl sites for hydroxylation is 1. The molecule has 0 bridgehead atoms. The number of nitrogens with two attached hydrogens (primary N) is 1. The number of fused-ring (bicyclic) bond motifs is 1. The standard InChI is InChI=1S/C14H10Cl3N3/c1-7-4-10(17)12(6-9(7)16)20-13-5-8(15)2-3-11(13)19-14(20)18/h2-6H,1H3,(H2,18,19). The summed E-state index contributed by atoms with van der Waals surface area (Å²) < 4.78 is 1.74. The molecular formula is C14H10Cl3N3. The van der Waals surface area contributed by atoms with E-state index in [0.29, 0.717) is 26.7 Å². The van der Waals surface area contributed by atoms with Crippen LogP contribution >= 0.6 is 34.8 Å². The molecule has 0 saturated carbocycles. The van der Waals surface area contributed by atoms with E-state index in [4.69, 9.17) is 40.5 Å². The second kappa shape index (κ2) is 4.85. The fourth-order valence-electron chi connectivity index (χ4n) is 2.13. The van der Waals surface area contributed by atoms with Crippen molar-refractivity contribution in [2.45, 2.75) is 6.92 Å². The van der Waals surface area contributed by atoms with Crippen molar-refractivity contribution in [3.05, 3.63) is 51.0 Å². The first-order valence-corrected chi connectivity index (χ1v) is 7.00. The molecule has 20 heavy (non-hydrogen) atoms. The predicted molar refractivity (Wildman–Crippen MR) is 85.2 cm³/mol. The van der Waals surface area contributed by atoms with E-state index in [1.165, 1.54) is 0 Å². The van der Waals surface area contributed by atoms with Gasteiger partial charge in [-0.2, -0.15) is 0 Å². The lowest BCUT2D eigenvalue weighted by Crippen LogP contribution is -2.01. The van der Waals surface area contributed by atoms with E-state index in [2.05, 4.69) is 4.98 Å². The van der Waals surface area contributed by atoms with E-state index in [9.17, 15) is 0 Å². The minimum absolute atomic E-state index is 0.337. The molecule has 0 atom stereocenters. The Morgan fingerprint density at radius 3 is 2.55 bits per heavy atom. The van der Waals surface area contributed by atoms with Crippen LogP contribution in [0.15, 0.2) is 30.3 Å². The number of rotatable bonds is 1. The van der Waals surface area contributed by atoms with Crippen LogP contribution in [0.5, 0.6) is 0 Å². The summed E-state index contributed by atoms with van der Waals surface area (Å²) in [6.07, 6.45) is 0. The highest BCUT2D eigenvalue weighted by Gasteiger charge is 2.14. The fraction of sp³-hybridized carbons (Fsp3) is 0.0714. The Kier molecular flexibility index (Phi) is 3.28. The van der Waals surface area contributed by atoms with Gasteiger partial charge in [-0.15, -0.1) is 0 Å². The summed E-state index contributed by atoms with van der Waals surface area (Å²) in [5.74, 6) is 0.337. The second-order valence-corrected chi connectivity index (χ2v) is 5.74. The van der Waals surface area contributed by atoms with E-state index >= 15 is 0 Å². The van der Waals surface area contributed by atoms with Crippen molar-refractivity contribution >= 4 is 51.8 Å². The average molecular weight is 327 g/mol.